The first-order valence-corrected chi connectivity index (χ1v) is 8.58. The molecule has 0 radical (unpaired) electrons. The highest BCUT2D eigenvalue weighted by Crippen LogP contribution is 2.19. The van der Waals surface area contributed by atoms with Crippen LogP contribution in [0.2, 0.25) is 0 Å². The lowest BCUT2D eigenvalue weighted by Gasteiger charge is -2.12. The van der Waals surface area contributed by atoms with Gasteiger partial charge in [-0.05, 0) is 59.9 Å². The normalized spacial score (nSPS) is 10.5. The average molecular weight is 335 g/mol. The molecule has 0 fully saturated rings. The highest BCUT2D eigenvalue weighted by molar-refractivity contribution is 7.80. The minimum absolute atomic E-state index is 0.620. The van der Waals surface area contributed by atoms with E-state index in [2.05, 4.69) is 58.1 Å². The summed E-state index contributed by atoms with van der Waals surface area (Å²) in [6.07, 6.45) is 3.81. The lowest BCUT2D eigenvalue weighted by molar-refractivity contribution is 0.780. The van der Waals surface area contributed by atoms with E-state index in [-0.39, 0.29) is 0 Å². The monoisotopic (exact) mass is 335 g/mol. The summed E-state index contributed by atoms with van der Waals surface area (Å²) in [5.41, 5.74) is 2.46. The lowest BCUT2D eigenvalue weighted by Crippen LogP contribution is -2.30. The summed E-state index contributed by atoms with van der Waals surface area (Å²) in [6.45, 7) is 2.85. The highest BCUT2D eigenvalue weighted by Gasteiger charge is 2.03. The molecule has 0 saturated heterocycles. The van der Waals surface area contributed by atoms with Crippen LogP contribution in [0.1, 0.15) is 17.5 Å². The van der Waals surface area contributed by atoms with Crippen molar-refractivity contribution in [3.63, 3.8) is 0 Å². The number of rotatable bonds is 5. The summed E-state index contributed by atoms with van der Waals surface area (Å²) in [7, 11) is 0. The minimum Gasteiger partial charge on any atom is -0.362 e. The molecule has 0 aliphatic carbocycles. The maximum absolute atomic E-state index is 5.34. The summed E-state index contributed by atoms with van der Waals surface area (Å²) >= 11 is 5.34. The van der Waals surface area contributed by atoms with Crippen molar-refractivity contribution in [3.05, 3.63) is 71.9 Å². The number of benzene rings is 2. The topological polar surface area (TPSA) is 37.0 Å². The van der Waals surface area contributed by atoms with Crippen LogP contribution < -0.4 is 10.6 Å². The van der Waals surface area contributed by atoms with Gasteiger partial charge in [-0.3, -0.25) is 0 Å². The van der Waals surface area contributed by atoms with Gasteiger partial charge in [0.05, 0.1) is 0 Å². The van der Waals surface area contributed by atoms with Crippen molar-refractivity contribution >= 4 is 33.9 Å². The van der Waals surface area contributed by atoms with Gasteiger partial charge >= 0.3 is 0 Å². The summed E-state index contributed by atoms with van der Waals surface area (Å²) in [5.74, 6) is 0.809. The van der Waals surface area contributed by atoms with Crippen LogP contribution in [0.3, 0.4) is 0 Å². The summed E-state index contributed by atoms with van der Waals surface area (Å²) in [4.78, 5) is 4.29. The molecule has 3 rings (SSSR count). The van der Waals surface area contributed by atoms with E-state index >= 15 is 0 Å². The molecule has 3 aromatic rings. The van der Waals surface area contributed by atoms with E-state index in [1.165, 1.54) is 16.3 Å². The van der Waals surface area contributed by atoms with E-state index < -0.39 is 0 Å². The Hall–Kier alpha value is -2.46. The second kappa shape index (κ2) is 7.88. The maximum Gasteiger partial charge on any atom is 0.171 e. The van der Waals surface area contributed by atoms with Crippen molar-refractivity contribution in [2.45, 2.75) is 19.8 Å². The number of hydrogen-bond acceptors (Lipinski definition) is 2. The Balaban J connectivity index is 1.50. The van der Waals surface area contributed by atoms with E-state index in [4.69, 9.17) is 12.2 Å². The molecular formula is C20H21N3S. The van der Waals surface area contributed by atoms with E-state index in [0.29, 0.717) is 5.11 Å². The predicted molar refractivity (Wildman–Crippen MR) is 105 cm³/mol. The number of pyridine rings is 1. The van der Waals surface area contributed by atoms with E-state index in [1.807, 2.05) is 19.1 Å². The van der Waals surface area contributed by atoms with Crippen LogP contribution in [-0.4, -0.2) is 16.6 Å². The molecule has 0 amide bonds. The van der Waals surface area contributed by atoms with Crippen molar-refractivity contribution in [3.8, 4) is 0 Å². The number of thiocarbonyl (C=S) groups is 1. The van der Waals surface area contributed by atoms with Crippen molar-refractivity contribution < 1.29 is 0 Å². The first-order valence-electron chi connectivity index (χ1n) is 8.17. The molecule has 0 unspecified atom stereocenters. The molecule has 0 atom stereocenters. The van der Waals surface area contributed by atoms with Crippen LogP contribution in [0.15, 0.2) is 60.8 Å². The number of nitrogens with one attached hydrogen (secondary N) is 2. The second-order valence-electron chi connectivity index (χ2n) is 5.79. The van der Waals surface area contributed by atoms with Crippen LogP contribution in [0, 0.1) is 6.92 Å². The molecule has 24 heavy (non-hydrogen) atoms. The molecule has 0 aliphatic heterocycles. The van der Waals surface area contributed by atoms with Crippen molar-refractivity contribution in [1.29, 1.82) is 0 Å². The molecule has 1 heterocycles. The summed E-state index contributed by atoms with van der Waals surface area (Å²) in [5, 5.41) is 9.66. The Morgan fingerprint density at radius 3 is 2.75 bits per heavy atom. The van der Waals surface area contributed by atoms with E-state index in [0.717, 1.165) is 30.8 Å². The third-order valence-electron chi connectivity index (χ3n) is 4.03. The quantitative estimate of drug-likeness (QED) is 0.533. The van der Waals surface area contributed by atoms with Gasteiger partial charge in [-0.1, -0.05) is 48.5 Å². The number of aryl methyl sites for hydroxylation is 2. The zero-order valence-electron chi connectivity index (χ0n) is 13.8. The number of aromatic nitrogens is 1. The number of anilines is 1. The van der Waals surface area contributed by atoms with Crippen LogP contribution in [0.5, 0.6) is 0 Å². The van der Waals surface area contributed by atoms with Crippen LogP contribution >= 0.6 is 12.2 Å². The zero-order valence-corrected chi connectivity index (χ0v) is 14.6. The van der Waals surface area contributed by atoms with Gasteiger partial charge < -0.3 is 10.6 Å². The standard InChI is InChI=1S/C20H21N3S/c1-15-7-5-13-21-19(15)23-20(24)22-14-6-11-17-10-4-9-16-8-2-3-12-18(16)17/h2-5,7-10,12-13H,6,11,14H2,1H3,(H2,21,22,23,24). The number of fused-ring (bicyclic) bond motifs is 1. The number of hydrogen-bond donors (Lipinski definition) is 2. The Labute approximate surface area is 148 Å². The zero-order chi connectivity index (χ0) is 16.8. The number of nitrogens with zero attached hydrogens (tertiary/aromatic N) is 1. The molecule has 2 aromatic carbocycles. The van der Waals surface area contributed by atoms with Gasteiger partial charge in [-0.25, -0.2) is 4.98 Å². The minimum atomic E-state index is 0.620. The molecule has 0 saturated carbocycles. The smallest absolute Gasteiger partial charge is 0.171 e. The second-order valence-corrected chi connectivity index (χ2v) is 6.20. The van der Waals surface area contributed by atoms with E-state index in [9.17, 15) is 0 Å². The molecular weight excluding hydrogens is 314 g/mol. The Morgan fingerprint density at radius 1 is 1.04 bits per heavy atom. The van der Waals surface area contributed by atoms with Gasteiger partial charge in [0.2, 0.25) is 0 Å². The van der Waals surface area contributed by atoms with Gasteiger partial charge in [-0.15, -0.1) is 0 Å². The third-order valence-corrected chi connectivity index (χ3v) is 4.28. The van der Waals surface area contributed by atoms with Crippen LogP contribution in [-0.2, 0) is 6.42 Å². The summed E-state index contributed by atoms with van der Waals surface area (Å²) < 4.78 is 0. The first-order chi connectivity index (χ1) is 11.7. The van der Waals surface area contributed by atoms with Gasteiger partial charge in [0.15, 0.2) is 5.11 Å². The third kappa shape index (κ3) is 4.09. The average Bonchev–Trinajstić information content (AvgIpc) is 2.61. The molecule has 4 heteroatoms. The molecule has 0 bridgehead atoms. The Bertz CT molecular complexity index is 840. The van der Waals surface area contributed by atoms with Gasteiger partial charge in [0, 0.05) is 12.7 Å². The highest BCUT2D eigenvalue weighted by atomic mass is 32.1. The van der Waals surface area contributed by atoms with Crippen LogP contribution in [0.4, 0.5) is 5.82 Å². The maximum atomic E-state index is 5.34. The molecule has 0 spiro atoms. The predicted octanol–water partition coefficient (Wildman–Crippen LogP) is 4.46. The van der Waals surface area contributed by atoms with Crippen molar-refractivity contribution in [2.24, 2.45) is 0 Å². The fourth-order valence-corrected chi connectivity index (χ4v) is 2.96. The van der Waals surface area contributed by atoms with Crippen LogP contribution in [0.25, 0.3) is 10.8 Å². The Kier molecular flexibility index (Phi) is 5.39. The Morgan fingerprint density at radius 2 is 1.88 bits per heavy atom. The van der Waals surface area contributed by atoms with Crippen molar-refractivity contribution in [1.82, 2.24) is 10.3 Å². The molecule has 0 aliphatic rings. The fourth-order valence-electron chi connectivity index (χ4n) is 2.76. The van der Waals surface area contributed by atoms with Gasteiger partial charge in [0.25, 0.3) is 0 Å². The molecule has 2 N–H and O–H groups in total. The molecule has 3 nitrogen and oxygen atoms in total. The molecule has 1 aromatic heterocycles. The first kappa shape index (κ1) is 16.4. The largest absolute Gasteiger partial charge is 0.362 e. The van der Waals surface area contributed by atoms with Crippen molar-refractivity contribution in [2.75, 3.05) is 11.9 Å². The lowest BCUT2D eigenvalue weighted by atomic mass is 10.0. The SMILES string of the molecule is Cc1cccnc1NC(=S)NCCCc1cccc2ccccc12. The van der Waals surface area contributed by atoms with E-state index in [1.54, 1.807) is 6.20 Å². The van der Waals surface area contributed by atoms with Gasteiger partial charge in [0.1, 0.15) is 5.82 Å². The fraction of sp³-hybridized carbons (Fsp3) is 0.200. The van der Waals surface area contributed by atoms with Gasteiger partial charge in [-0.2, -0.15) is 0 Å². The summed E-state index contributed by atoms with van der Waals surface area (Å²) in [6, 6.07) is 18.9. The molecule has 122 valence electrons.